The van der Waals surface area contributed by atoms with Crippen LogP contribution in [0.15, 0.2) is 69.9 Å². The van der Waals surface area contributed by atoms with Crippen LogP contribution in [-0.4, -0.2) is 20.8 Å². The van der Waals surface area contributed by atoms with E-state index in [9.17, 15) is 25.0 Å². The van der Waals surface area contributed by atoms with Crippen molar-refractivity contribution in [3.8, 4) is 17.3 Å². The number of hydrogen-bond donors (Lipinski definition) is 3. The Balaban J connectivity index is 1.65. The minimum absolute atomic E-state index is 0.0902. The molecule has 0 aliphatic carbocycles. The van der Waals surface area contributed by atoms with E-state index in [0.29, 0.717) is 22.0 Å². The van der Waals surface area contributed by atoms with Gasteiger partial charge in [0.05, 0.1) is 11.8 Å². The van der Waals surface area contributed by atoms with Gasteiger partial charge in [0.15, 0.2) is 5.76 Å². The van der Waals surface area contributed by atoms with Crippen molar-refractivity contribution >= 4 is 40.7 Å². The predicted molar refractivity (Wildman–Crippen MR) is 123 cm³/mol. The van der Waals surface area contributed by atoms with Crippen LogP contribution in [0.5, 0.6) is 0 Å². The molecule has 0 atom stereocenters. The molecular formula is C22H13ClN6O5. The normalized spacial score (nSPS) is 10.4. The van der Waals surface area contributed by atoms with Crippen molar-refractivity contribution in [1.82, 2.24) is 9.97 Å². The van der Waals surface area contributed by atoms with E-state index in [4.69, 9.17) is 16.0 Å². The summed E-state index contributed by atoms with van der Waals surface area (Å²) >= 11 is 5.89. The fraction of sp³-hybridized carbons (Fsp3) is 0. The number of carbonyl (C=O) groups is 1. The minimum Gasteiger partial charge on any atom is -0.395 e. The number of carbonyl (C=O) groups excluding carboxylic acids is 1. The molecule has 12 heteroatoms. The van der Waals surface area contributed by atoms with Gasteiger partial charge < -0.3 is 15.1 Å². The lowest BCUT2D eigenvalue weighted by Crippen LogP contribution is -2.16. The van der Waals surface area contributed by atoms with Crippen molar-refractivity contribution < 1.29 is 14.1 Å². The van der Waals surface area contributed by atoms with Gasteiger partial charge >= 0.3 is 5.88 Å². The summed E-state index contributed by atoms with van der Waals surface area (Å²) in [4.78, 5) is 41.8. The summed E-state index contributed by atoms with van der Waals surface area (Å²) in [5, 5.41) is 26.3. The molecule has 2 aromatic heterocycles. The fourth-order valence-electron chi connectivity index (χ4n) is 3.00. The van der Waals surface area contributed by atoms with Crippen LogP contribution in [-0.2, 0) is 0 Å². The first kappa shape index (κ1) is 22.3. The molecule has 1 amide bonds. The van der Waals surface area contributed by atoms with E-state index in [-0.39, 0.29) is 23.0 Å². The highest BCUT2D eigenvalue weighted by Crippen LogP contribution is 2.25. The van der Waals surface area contributed by atoms with Gasteiger partial charge in [0.25, 0.3) is 11.5 Å². The summed E-state index contributed by atoms with van der Waals surface area (Å²) in [6.07, 6.45) is 0. The third kappa shape index (κ3) is 4.77. The molecule has 0 fully saturated rings. The van der Waals surface area contributed by atoms with Crippen LogP contribution in [0, 0.1) is 21.4 Å². The zero-order valence-corrected chi connectivity index (χ0v) is 17.8. The molecule has 0 saturated carbocycles. The molecule has 3 N–H and O–H groups in total. The molecule has 0 aliphatic rings. The Kier molecular flexibility index (Phi) is 6.07. The zero-order valence-electron chi connectivity index (χ0n) is 17.0. The van der Waals surface area contributed by atoms with Gasteiger partial charge in [0.1, 0.15) is 16.6 Å². The number of aromatic nitrogens is 2. The van der Waals surface area contributed by atoms with Crippen LogP contribution in [0.1, 0.15) is 16.1 Å². The smallest absolute Gasteiger partial charge is 0.395 e. The first-order valence-electron chi connectivity index (χ1n) is 9.57. The molecule has 4 rings (SSSR count). The Hall–Kier alpha value is -4.95. The number of nitrogens with zero attached hydrogens (tertiary/aromatic N) is 3. The molecule has 0 radical (unpaired) electrons. The van der Waals surface area contributed by atoms with Crippen molar-refractivity contribution in [1.29, 1.82) is 5.26 Å². The molecule has 0 spiro atoms. The molecule has 11 nitrogen and oxygen atoms in total. The molecule has 168 valence electrons. The average Bonchev–Trinajstić information content (AvgIpc) is 3.31. The summed E-state index contributed by atoms with van der Waals surface area (Å²) in [6, 6.07) is 17.1. The maximum absolute atomic E-state index is 12.5. The number of nitrogens with one attached hydrogen (secondary N) is 3. The molecule has 0 saturated heterocycles. The number of aromatic amines is 1. The molecule has 0 aliphatic heterocycles. The van der Waals surface area contributed by atoms with Gasteiger partial charge in [-0.15, -0.1) is 0 Å². The lowest BCUT2D eigenvalue weighted by atomic mass is 10.1. The quantitative estimate of drug-likeness (QED) is 0.271. The molecule has 2 aromatic carbocycles. The second-order valence-electron chi connectivity index (χ2n) is 6.81. The number of rotatable bonds is 6. The number of nitro groups is 1. The molecule has 0 unspecified atom stereocenters. The van der Waals surface area contributed by atoms with Crippen molar-refractivity contribution in [3.63, 3.8) is 0 Å². The minimum atomic E-state index is -0.755. The lowest BCUT2D eigenvalue weighted by Gasteiger charge is -2.10. The Labute approximate surface area is 195 Å². The Morgan fingerprint density at radius 3 is 2.59 bits per heavy atom. The summed E-state index contributed by atoms with van der Waals surface area (Å²) in [6.45, 7) is 0. The fourth-order valence-corrected chi connectivity index (χ4v) is 3.13. The van der Waals surface area contributed by atoms with E-state index < -0.39 is 22.3 Å². The molecule has 4 aromatic rings. The van der Waals surface area contributed by atoms with E-state index in [0.717, 1.165) is 6.07 Å². The summed E-state index contributed by atoms with van der Waals surface area (Å²) in [7, 11) is 0. The number of amides is 1. The van der Waals surface area contributed by atoms with Crippen molar-refractivity contribution in [3.05, 3.63) is 97.5 Å². The average molecular weight is 477 g/mol. The molecule has 2 heterocycles. The number of halogens is 1. The molecule has 34 heavy (non-hydrogen) atoms. The van der Waals surface area contributed by atoms with Gasteiger partial charge in [-0.05, 0) is 42.5 Å². The van der Waals surface area contributed by atoms with E-state index in [1.807, 2.05) is 6.07 Å². The van der Waals surface area contributed by atoms with Crippen LogP contribution in [0.4, 0.5) is 23.2 Å². The van der Waals surface area contributed by atoms with E-state index in [1.54, 1.807) is 42.5 Å². The number of anilines is 3. The molecular weight excluding hydrogens is 464 g/mol. The number of H-pyrrole nitrogens is 1. The maximum atomic E-state index is 12.5. The maximum Gasteiger partial charge on any atom is 0.433 e. The predicted octanol–water partition coefficient (Wildman–Crippen LogP) is 4.46. The SMILES string of the molecule is N#Cc1c(-c2cccc(NC(=O)c3ccc([N+](=O)[O-])o3)c2)nc(Nc2ccc(Cl)cc2)[nH]c1=O. The summed E-state index contributed by atoms with van der Waals surface area (Å²) in [5.41, 5.74) is 0.502. The largest absolute Gasteiger partial charge is 0.433 e. The van der Waals surface area contributed by atoms with Crippen LogP contribution in [0.25, 0.3) is 11.3 Å². The standard InChI is InChI=1S/C22H13ClN6O5/c23-13-4-6-14(7-5-13)26-22-27-19(16(11-24)20(30)28-22)12-2-1-3-15(10-12)25-21(31)17-8-9-18(34-17)29(32)33/h1-10H,(H,25,31)(H2,26,27,28,30). The second kappa shape index (κ2) is 9.27. The highest BCUT2D eigenvalue weighted by Gasteiger charge is 2.18. The first-order valence-corrected chi connectivity index (χ1v) is 9.95. The number of benzene rings is 2. The van der Waals surface area contributed by atoms with Crippen molar-refractivity contribution in [2.75, 3.05) is 10.6 Å². The van der Waals surface area contributed by atoms with Gasteiger partial charge in [0.2, 0.25) is 5.95 Å². The highest BCUT2D eigenvalue weighted by atomic mass is 35.5. The van der Waals surface area contributed by atoms with Gasteiger partial charge in [-0.1, -0.05) is 23.7 Å². The van der Waals surface area contributed by atoms with Crippen molar-refractivity contribution in [2.45, 2.75) is 0 Å². The Bertz CT molecular complexity index is 1500. The third-order valence-corrected chi connectivity index (χ3v) is 4.78. The van der Waals surface area contributed by atoms with Crippen LogP contribution >= 0.6 is 11.6 Å². The number of hydrogen-bond acceptors (Lipinski definition) is 8. The second-order valence-corrected chi connectivity index (χ2v) is 7.25. The summed E-state index contributed by atoms with van der Waals surface area (Å²) < 4.78 is 4.90. The van der Waals surface area contributed by atoms with Crippen LogP contribution in [0.3, 0.4) is 0 Å². The molecule has 0 bridgehead atoms. The lowest BCUT2D eigenvalue weighted by molar-refractivity contribution is -0.402. The van der Waals surface area contributed by atoms with E-state index in [2.05, 4.69) is 20.6 Å². The van der Waals surface area contributed by atoms with Crippen LogP contribution < -0.4 is 16.2 Å². The van der Waals surface area contributed by atoms with Crippen molar-refractivity contribution in [2.24, 2.45) is 0 Å². The van der Waals surface area contributed by atoms with Gasteiger partial charge in [-0.25, -0.2) is 4.98 Å². The Morgan fingerprint density at radius 1 is 1.15 bits per heavy atom. The monoisotopic (exact) mass is 476 g/mol. The third-order valence-electron chi connectivity index (χ3n) is 4.53. The van der Waals surface area contributed by atoms with E-state index >= 15 is 0 Å². The number of furan rings is 1. The first-order chi connectivity index (χ1) is 16.3. The van der Waals surface area contributed by atoms with Gasteiger partial charge in [-0.3, -0.25) is 24.7 Å². The van der Waals surface area contributed by atoms with Gasteiger partial charge in [0, 0.05) is 22.0 Å². The topological polar surface area (TPSA) is 167 Å². The van der Waals surface area contributed by atoms with E-state index in [1.165, 1.54) is 12.1 Å². The summed E-state index contributed by atoms with van der Waals surface area (Å²) in [5.74, 6) is -1.43. The zero-order chi connectivity index (χ0) is 24.2. The Morgan fingerprint density at radius 2 is 1.91 bits per heavy atom. The van der Waals surface area contributed by atoms with Crippen LogP contribution in [0.2, 0.25) is 5.02 Å². The highest BCUT2D eigenvalue weighted by molar-refractivity contribution is 6.30. The van der Waals surface area contributed by atoms with Gasteiger partial charge in [-0.2, -0.15) is 5.26 Å². The number of nitriles is 1.